The first-order valence-corrected chi connectivity index (χ1v) is 11.4. The van der Waals surface area contributed by atoms with Crippen molar-refractivity contribution in [2.24, 2.45) is 5.92 Å². The van der Waals surface area contributed by atoms with Gasteiger partial charge in [-0.2, -0.15) is 8.78 Å². The Balaban J connectivity index is 1.43. The maximum atomic E-state index is 12.9. The van der Waals surface area contributed by atoms with Crippen molar-refractivity contribution >= 4 is 11.6 Å². The van der Waals surface area contributed by atoms with Crippen LogP contribution in [-0.4, -0.2) is 37.0 Å². The molecule has 35 heavy (non-hydrogen) atoms. The number of rotatable bonds is 7. The van der Waals surface area contributed by atoms with E-state index >= 15 is 0 Å². The summed E-state index contributed by atoms with van der Waals surface area (Å²) in [4.78, 5) is 24.9. The van der Waals surface area contributed by atoms with E-state index in [1.54, 1.807) is 30.6 Å². The van der Waals surface area contributed by atoms with Crippen LogP contribution in [0.5, 0.6) is 5.75 Å². The quantitative estimate of drug-likeness (QED) is 0.390. The number of imidazole rings is 1. The van der Waals surface area contributed by atoms with Gasteiger partial charge in [0.05, 0.1) is 11.6 Å². The molecule has 9 heteroatoms. The van der Waals surface area contributed by atoms with Gasteiger partial charge in [-0.05, 0) is 44.4 Å². The largest absolute Gasteiger partial charge is 0.481 e. The summed E-state index contributed by atoms with van der Waals surface area (Å²) in [7, 11) is 0. The van der Waals surface area contributed by atoms with Crippen LogP contribution >= 0.6 is 0 Å². The summed E-state index contributed by atoms with van der Waals surface area (Å²) in [6.07, 6.45) is 7.82. The lowest BCUT2D eigenvalue weighted by atomic mass is 10.0. The van der Waals surface area contributed by atoms with E-state index in [0.717, 1.165) is 34.6 Å². The summed E-state index contributed by atoms with van der Waals surface area (Å²) in [5, 5.41) is 9.24. The Morgan fingerprint density at radius 3 is 2.63 bits per heavy atom. The normalized spacial score (nSPS) is 17.8. The van der Waals surface area contributed by atoms with Gasteiger partial charge in [-0.15, -0.1) is 0 Å². The number of aliphatic carboxylic acids is 1. The van der Waals surface area contributed by atoms with Crippen molar-refractivity contribution in [3.63, 3.8) is 0 Å². The van der Waals surface area contributed by atoms with Gasteiger partial charge in [0.2, 0.25) is 0 Å². The van der Waals surface area contributed by atoms with Crippen LogP contribution in [0.15, 0.2) is 55.0 Å². The van der Waals surface area contributed by atoms with Crippen molar-refractivity contribution in [3.05, 3.63) is 77.8 Å². The lowest BCUT2D eigenvalue weighted by Crippen LogP contribution is -2.10. The van der Waals surface area contributed by atoms with Gasteiger partial charge in [0.1, 0.15) is 17.2 Å². The summed E-state index contributed by atoms with van der Waals surface area (Å²) in [5.74, 6) is -0.203. The first-order chi connectivity index (χ1) is 16.9. The van der Waals surface area contributed by atoms with Crippen LogP contribution in [0.2, 0.25) is 0 Å². The number of halogens is 2. The van der Waals surface area contributed by atoms with E-state index in [-0.39, 0.29) is 17.6 Å². The van der Waals surface area contributed by atoms with Gasteiger partial charge in [-0.1, -0.05) is 18.2 Å². The number of hydrogen-bond acceptors (Lipinski definition) is 5. The summed E-state index contributed by atoms with van der Waals surface area (Å²) in [5.41, 5.74) is 4.77. The van der Waals surface area contributed by atoms with Gasteiger partial charge in [0, 0.05) is 53.3 Å². The zero-order valence-electron chi connectivity index (χ0n) is 19.1. The van der Waals surface area contributed by atoms with E-state index in [1.807, 2.05) is 29.7 Å². The van der Waals surface area contributed by atoms with Crippen LogP contribution in [0.3, 0.4) is 0 Å². The van der Waals surface area contributed by atoms with Crippen LogP contribution < -0.4 is 4.74 Å². The molecule has 1 aromatic carbocycles. The Bertz CT molecular complexity index is 1370. The Morgan fingerprint density at radius 1 is 1.14 bits per heavy atom. The number of alkyl halides is 2. The van der Waals surface area contributed by atoms with Crippen molar-refractivity contribution < 1.29 is 23.4 Å². The van der Waals surface area contributed by atoms with Gasteiger partial charge >= 0.3 is 12.6 Å². The molecule has 1 aliphatic rings. The van der Waals surface area contributed by atoms with Crippen LogP contribution in [0, 0.1) is 12.8 Å². The fourth-order valence-corrected chi connectivity index (χ4v) is 4.77. The highest BCUT2D eigenvalue weighted by Crippen LogP contribution is 2.37. The fraction of sp³-hybridized carbons (Fsp3) is 0.308. The number of nitrogens with zero attached hydrogens (tertiary/aromatic N) is 4. The average molecular weight is 478 g/mol. The van der Waals surface area contributed by atoms with Crippen LogP contribution in [-0.2, 0) is 11.2 Å². The van der Waals surface area contributed by atoms with Gasteiger partial charge in [0.25, 0.3) is 0 Å². The number of carboxylic acids is 1. The summed E-state index contributed by atoms with van der Waals surface area (Å²) >= 11 is 0. The van der Waals surface area contributed by atoms with E-state index in [2.05, 4.69) is 15.0 Å². The highest BCUT2D eigenvalue weighted by atomic mass is 19.3. The molecule has 0 saturated heterocycles. The minimum atomic E-state index is -2.90. The molecule has 1 saturated carbocycles. The van der Waals surface area contributed by atoms with E-state index in [4.69, 9.17) is 4.74 Å². The number of carboxylic acid groups (broad SMARTS) is 1. The van der Waals surface area contributed by atoms with Crippen molar-refractivity contribution in [2.75, 3.05) is 0 Å². The molecule has 0 radical (unpaired) electrons. The molecule has 1 N–H and O–H groups in total. The second-order valence-corrected chi connectivity index (χ2v) is 8.83. The average Bonchev–Trinajstić information content (AvgIpc) is 3.45. The van der Waals surface area contributed by atoms with Crippen molar-refractivity contribution in [2.45, 2.75) is 45.1 Å². The van der Waals surface area contributed by atoms with E-state index < -0.39 is 12.6 Å². The highest BCUT2D eigenvalue weighted by Gasteiger charge is 2.32. The van der Waals surface area contributed by atoms with Gasteiger partial charge < -0.3 is 14.2 Å². The molecular formula is C26H24F2N4O3. The zero-order chi connectivity index (χ0) is 24.5. The van der Waals surface area contributed by atoms with Gasteiger partial charge in [0.15, 0.2) is 0 Å². The molecule has 0 spiro atoms. The number of hydrogen-bond donors (Lipinski definition) is 1. The second kappa shape index (κ2) is 9.40. The molecule has 0 amide bonds. The lowest BCUT2D eigenvalue weighted by Gasteiger charge is -2.12. The molecule has 0 bridgehead atoms. The van der Waals surface area contributed by atoms with Crippen LogP contribution in [0.25, 0.3) is 16.8 Å². The summed E-state index contributed by atoms with van der Waals surface area (Å²) < 4.78 is 32.4. The van der Waals surface area contributed by atoms with Crippen molar-refractivity contribution in [1.29, 1.82) is 0 Å². The molecule has 3 heterocycles. The Kier molecular flexibility index (Phi) is 6.15. The number of fused-ring (bicyclic) bond motifs is 1. The molecule has 2 atom stereocenters. The van der Waals surface area contributed by atoms with Gasteiger partial charge in [-0.3, -0.25) is 4.79 Å². The molecule has 5 rings (SSSR count). The highest BCUT2D eigenvalue weighted by molar-refractivity contribution is 5.70. The minimum absolute atomic E-state index is 0.0612. The molecular weight excluding hydrogens is 454 g/mol. The number of para-hydroxylation sites is 1. The zero-order valence-corrected chi connectivity index (χ0v) is 19.1. The lowest BCUT2D eigenvalue weighted by molar-refractivity contribution is -0.141. The molecule has 1 fully saturated rings. The third kappa shape index (κ3) is 4.71. The number of ether oxygens (including phenoxy) is 1. The first-order valence-electron chi connectivity index (χ1n) is 11.4. The number of carbonyl (C=O) groups is 1. The fourth-order valence-electron chi connectivity index (χ4n) is 4.77. The first kappa shape index (κ1) is 22.9. The Morgan fingerprint density at radius 2 is 1.91 bits per heavy atom. The summed E-state index contributed by atoms with van der Waals surface area (Å²) in [6, 6.07) is 10.6. The molecule has 7 nitrogen and oxygen atoms in total. The van der Waals surface area contributed by atoms with Crippen molar-refractivity contribution in [3.8, 4) is 16.9 Å². The van der Waals surface area contributed by atoms with E-state index in [1.165, 1.54) is 6.07 Å². The van der Waals surface area contributed by atoms with E-state index in [0.29, 0.717) is 30.7 Å². The molecule has 180 valence electrons. The molecule has 0 aliphatic heterocycles. The van der Waals surface area contributed by atoms with Gasteiger partial charge in [-0.25, -0.2) is 15.0 Å². The molecule has 4 aromatic rings. The van der Waals surface area contributed by atoms with Crippen LogP contribution in [0.1, 0.15) is 48.0 Å². The minimum Gasteiger partial charge on any atom is -0.481 e. The molecule has 3 aromatic heterocycles. The monoisotopic (exact) mass is 478 g/mol. The smallest absolute Gasteiger partial charge is 0.387 e. The Labute approximate surface area is 200 Å². The number of aromatic nitrogens is 4. The molecule has 1 aliphatic carbocycles. The van der Waals surface area contributed by atoms with Crippen molar-refractivity contribution in [1.82, 2.24) is 19.4 Å². The standard InChI is InChI=1S/C26H24F2N4O3/c1-15-21(11-16-4-2-3-5-22(16)35-26(27)28)32-14-19(8-9-23(32)31-15)20-12-29-24(30-13-20)17-6-7-18(10-17)25(33)34/h2-5,8-9,12-14,17-18,26H,6-7,10-11H2,1H3,(H,33,34). The Hall–Kier alpha value is -3.88. The predicted molar refractivity (Wildman–Crippen MR) is 125 cm³/mol. The SMILES string of the molecule is Cc1nc2ccc(-c3cnc(C4CCC(C(=O)O)C4)nc3)cn2c1Cc1ccccc1OC(F)F. The summed E-state index contributed by atoms with van der Waals surface area (Å²) in [6.45, 7) is -1.00. The number of benzene rings is 1. The number of pyridine rings is 1. The van der Waals surface area contributed by atoms with E-state index in [9.17, 15) is 18.7 Å². The topological polar surface area (TPSA) is 89.6 Å². The predicted octanol–water partition coefficient (Wildman–Crippen LogP) is 5.26. The third-order valence-corrected chi connectivity index (χ3v) is 6.62. The van der Waals surface area contributed by atoms with Crippen LogP contribution in [0.4, 0.5) is 8.78 Å². The second-order valence-electron chi connectivity index (χ2n) is 8.83. The maximum Gasteiger partial charge on any atom is 0.387 e. The third-order valence-electron chi connectivity index (χ3n) is 6.62. The maximum absolute atomic E-state index is 12.9. The molecule has 2 unspecified atom stereocenters. The number of aryl methyl sites for hydroxylation is 1.